The fourth-order valence-electron chi connectivity index (χ4n) is 1.72. The molecule has 1 atom stereocenters. The molecule has 0 spiro atoms. The number of aromatic nitrogens is 2. The lowest BCUT2D eigenvalue weighted by Crippen LogP contribution is -2.31. The lowest BCUT2D eigenvalue weighted by atomic mass is 10.0. The lowest BCUT2D eigenvalue weighted by Gasteiger charge is -2.26. The topological polar surface area (TPSA) is 55.0 Å². The zero-order valence-corrected chi connectivity index (χ0v) is 10.6. The van der Waals surface area contributed by atoms with Gasteiger partial charge in [0.25, 0.3) is 0 Å². The summed E-state index contributed by atoms with van der Waals surface area (Å²) in [5, 5.41) is 8.24. The molecule has 0 aliphatic rings. The Balaban J connectivity index is 2.67. The molecule has 1 aromatic heterocycles. The van der Waals surface area contributed by atoms with E-state index in [0.29, 0.717) is 18.5 Å². The summed E-state index contributed by atoms with van der Waals surface area (Å²) >= 11 is 0. The van der Waals surface area contributed by atoms with Crippen LogP contribution in [0.5, 0.6) is 0 Å². The molecule has 4 heteroatoms. The first-order valence-corrected chi connectivity index (χ1v) is 5.80. The number of anilines is 1. The Morgan fingerprint density at radius 3 is 2.38 bits per heavy atom. The van der Waals surface area contributed by atoms with Crippen LogP contribution in [0.2, 0.25) is 0 Å². The molecule has 0 aliphatic carbocycles. The summed E-state index contributed by atoms with van der Waals surface area (Å²) in [4.78, 5) is 2.16. The highest BCUT2D eigenvalue weighted by Gasteiger charge is 2.12. The molecule has 1 rings (SSSR count). The summed E-state index contributed by atoms with van der Waals surface area (Å²) in [6, 6.07) is 4.38. The summed E-state index contributed by atoms with van der Waals surface area (Å²) in [6.07, 6.45) is 1.15. The van der Waals surface area contributed by atoms with Crippen molar-refractivity contribution in [2.45, 2.75) is 39.8 Å². The van der Waals surface area contributed by atoms with Gasteiger partial charge in [-0.3, -0.25) is 0 Å². The van der Waals surface area contributed by atoms with E-state index in [9.17, 15) is 0 Å². The van der Waals surface area contributed by atoms with Crippen LogP contribution in [0.3, 0.4) is 0 Å². The van der Waals surface area contributed by atoms with E-state index in [1.54, 1.807) is 0 Å². The average Bonchev–Trinajstić information content (AvgIpc) is 2.27. The molecule has 1 heterocycles. The second-order valence-corrected chi connectivity index (χ2v) is 4.68. The van der Waals surface area contributed by atoms with Gasteiger partial charge in [0.1, 0.15) is 0 Å². The Kier molecular flexibility index (Phi) is 4.68. The summed E-state index contributed by atoms with van der Waals surface area (Å²) in [5.74, 6) is 1.60. The SMILES string of the molecule is CC(C)CC(C)N(C)c1ccc(CN)nn1. The van der Waals surface area contributed by atoms with Gasteiger partial charge in [0.05, 0.1) is 5.69 Å². The van der Waals surface area contributed by atoms with Crippen molar-refractivity contribution in [1.82, 2.24) is 10.2 Å². The van der Waals surface area contributed by atoms with Crippen LogP contribution >= 0.6 is 0 Å². The molecule has 0 radical (unpaired) electrons. The molecule has 0 aromatic carbocycles. The Morgan fingerprint density at radius 1 is 1.25 bits per heavy atom. The Labute approximate surface area is 97.9 Å². The molecule has 0 aliphatic heterocycles. The minimum absolute atomic E-state index is 0.443. The van der Waals surface area contributed by atoms with Gasteiger partial charge in [-0.25, -0.2) is 0 Å². The van der Waals surface area contributed by atoms with Gasteiger partial charge in [-0.1, -0.05) is 13.8 Å². The van der Waals surface area contributed by atoms with Gasteiger partial charge in [-0.15, -0.1) is 5.10 Å². The number of hydrogen-bond donors (Lipinski definition) is 1. The van der Waals surface area contributed by atoms with Crippen LogP contribution in [-0.4, -0.2) is 23.3 Å². The van der Waals surface area contributed by atoms with Crippen molar-refractivity contribution in [3.63, 3.8) is 0 Å². The highest BCUT2D eigenvalue weighted by Crippen LogP contribution is 2.15. The fraction of sp³-hybridized carbons (Fsp3) is 0.667. The van der Waals surface area contributed by atoms with Crippen molar-refractivity contribution in [1.29, 1.82) is 0 Å². The van der Waals surface area contributed by atoms with Gasteiger partial charge in [-0.2, -0.15) is 5.10 Å². The van der Waals surface area contributed by atoms with Crippen molar-refractivity contribution in [2.75, 3.05) is 11.9 Å². The van der Waals surface area contributed by atoms with E-state index in [-0.39, 0.29) is 0 Å². The summed E-state index contributed by atoms with van der Waals surface area (Å²) in [7, 11) is 2.05. The van der Waals surface area contributed by atoms with Gasteiger partial charge in [0.15, 0.2) is 5.82 Å². The van der Waals surface area contributed by atoms with Crippen molar-refractivity contribution in [3.05, 3.63) is 17.8 Å². The van der Waals surface area contributed by atoms with Crippen LogP contribution in [0.15, 0.2) is 12.1 Å². The van der Waals surface area contributed by atoms with Crippen molar-refractivity contribution < 1.29 is 0 Å². The van der Waals surface area contributed by atoms with Crippen molar-refractivity contribution >= 4 is 5.82 Å². The molecule has 16 heavy (non-hydrogen) atoms. The molecule has 4 nitrogen and oxygen atoms in total. The quantitative estimate of drug-likeness (QED) is 0.825. The van der Waals surface area contributed by atoms with Gasteiger partial charge in [0.2, 0.25) is 0 Å². The first-order valence-electron chi connectivity index (χ1n) is 5.80. The van der Waals surface area contributed by atoms with E-state index >= 15 is 0 Å². The fourth-order valence-corrected chi connectivity index (χ4v) is 1.72. The number of nitrogens with two attached hydrogens (primary N) is 1. The van der Waals surface area contributed by atoms with Gasteiger partial charge in [0, 0.05) is 19.6 Å². The molecular formula is C12H22N4. The molecule has 2 N–H and O–H groups in total. The van der Waals surface area contributed by atoms with E-state index in [1.807, 2.05) is 12.1 Å². The first-order chi connectivity index (χ1) is 7.54. The van der Waals surface area contributed by atoms with Gasteiger partial charge >= 0.3 is 0 Å². The number of hydrogen-bond acceptors (Lipinski definition) is 4. The third-order valence-corrected chi connectivity index (χ3v) is 2.75. The maximum atomic E-state index is 5.49. The van der Waals surface area contributed by atoms with Crippen molar-refractivity contribution in [3.8, 4) is 0 Å². The smallest absolute Gasteiger partial charge is 0.151 e. The molecule has 0 fully saturated rings. The zero-order valence-electron chi connectivity index (χ0n) is 10.6. The van der Waals surface area contributed by atoms with Crippen molar-refractivity contribution in [2.24, 2.45) is 11.7 Å². The Hall–Kier alpha value is -1.16. The third kappa shape index (κ3) is 3.45. The van der Waals surface area contributed by atoms with Gasteiger partial charge in [-0.05, 0) is 31.4 Å². The molecule has 1 aromatic rings. The third-order valence-electron chi connectivity index (χ3n) is 2.75. The molecule has 0 saturated heterocycles. The number of rotatable bonds is 5. The Morgan fingerprint density at radius 2 is 1.94 bits per heavy atom. The van der Waals surface area contributed by atoms with Crippen LogP contribution in [0.1, 0.15) is 32.9 Å². The second kappa shape index (κ2) is 5.80. The predicted molar refractivity (Wildman–Crippen MR) is 67.2 cm³/mol. The molecule has 1 unspecified atom stereocenters. The highest BCUT2D eigenvalue weighted by molar-refractivity contribution is 5.37. The van der Waals surface area contributed by atoms with Crippen LogP contribution in [0.4, 0.5) is 5.82 Å². The number of nitrogens with zero attached hydrogens (tertiary/aromatic N) is 3. The maximum absolute atomic E-state index is 5.49. The predicted octanol–water partition coefficient (Wildman–Crippen LogP) is 1.81. The molecule has 0 saturated carbocycles. The largest absolute Gasteiger partial charge is 0.355 e. The van der Waals surface area contributed by atoms with Gasteiger partial charge < -0.3 is 10.6 Å². The van der Waals surface area contributed by atoms with Crippen LogP contribution in [0, 0.1) is 5.92 Å². The average molecular weight is 222 g/mol. The zero-order chi connectivity index (χ0) is 12.1. The van der Waals surface area contributed by atoms with Crippen LogP contribution < -0.4 is 10.6 Å². The molecular weight excluding hydrogens is 200 g/mol. The summed E-state index contributed by atoms with van der Waals surface area (Å²) in [5.41, 5.74) is 6.31. The Bertz CT molecular complexity index is 307. The maximum Gasteiger partial charge on any atom is 0.151 e. The summed E-state index contributed by atoms with van der Waals surface area (Å²) < 4.78 is 0. The summed E-state index contributed by atoms with van der Waals surface area (Å²) in [6.45, 7) is 7.11. The van der Waals surface area contributed by atoms with Crippen LogP contribution in [-0.2, 0) is 6.54 Å². The minimum Gasteiger partial charge on any atom is -0.355 e. The molecule has 90 valence electrons. The van der Waals surface area contributed by atoms with Crippen LogP contribution in [0.25, 0.3) is 0 Å². The molecule has 0 amide bonds. The highest BCUT2D eigenvalue weighted by atomic mass is 15.3. The van der Waals surface area contributed by atoms with E-state index < -0.39 is 0 Å². The van der Waals surface area contributed by atoms with E-state index in [1.165, 1.54) is 0 Å². The normalized spacial score (nSPS) is 12.9. The second-order valence-electron chi connectivity index (χ2n) is 4.68. The van der Waals surface area contributed by atoms with E-state index in [0.717, 1.165) is 17.9 Å². The standard InChI is InChI=1S/C12H22N4/c1-9(2)7-10(3)16(4)12-6-5-11(8-13)14-15-12/h5-6,9-10H,7-8,13H2,1-4H3. The molecule has 0 bridgehead atoms. The minimum atomic E-state index is 0.443. The monoisotopic (exact) mass is 222 g/mol. The first kappa shape index (κ1) is 12.9. The van der Waals surface area contributed by atoms with E-state index in [2.05, 4.69) is 42.9 Å². The van der Waals surface area contributed by atoms with E-state index in [4.69, 9.17) is 5.73 Å². The lowest BCUT2D eigenvalue weighted by molar-refractivity contribution is 0.501.